The molecule has 1 saturated carbocycles. The lowest BCUT2D eigenvalue weighted by Crippen LogP contribution is -2.29. The first-order chi connectivity index (χ1) is 4.30. The minimum absolute atomic E-state index is 0.435. The van der Waals surface area contributed by atoms with Gasteiger partial charge in [0.25, 0.3) is 0 Å². The first-order valence-electron chi connectivity index (χ1n) is 4.06. The highest BCUT2D eigenvalue weighted by Gasteiger charge is 2.19. The Morgan fingerprint density at radius 3 is 2.11 bits per heavy atom. The van der Waals surface area contributed by atoms with Crippen LogP contribution in [0.5, 0.6) is 0 Å². The summed E-state index contributed by atoms with van der Waals surface area (Å²) in [5.41, 5.74) is 5.77. The van der Waals surface area contributed by atoms with E-state index in [0.717, 1.165) is 5.82 Å². The van der Waals surface area contributed by atoms with Crippen LogP contribution < -0.4 is 5.64 Å². The van der Waals surface area contributed by atoms with Crippen LogP contribution in [0.15, 0.2) is 0 Å². The predicted octanol–water partition coefficient (Wildman–Crippen LogP) is 1.90. The second-order valence-corrected chi connectivity index (χ2v) is 3.26. The highest BCUT2D eigenvalue weighted by Crippen LogP contribution is 2.29. The Labute approximate surface area is 58.1 Å². The Kier molecular flexibility index (Phi) is 2.58. The SMILES string of the molecule is CB(N)C1CCCCC1. The summed E-state index contributed by atoms with van der Waals surface area (Å²) in [7, 11) is 0. The van der Waals surface area contributed by atoms with Crippen LogP contribution in [0.4, 0.5) is 0 Å². The van der Waals surface area contributed by atoms with Crippen LogP contribution in [0.2, 0.25) is 12.6 Å². The molecular weight excluding hydrogens is 109 g/mol. The van der Waals surface area contributed by atoms with Crippen molar-refractivity contribution in [2.75, 3.05) is 0 Å². The molecule has 2 heteroatoms. The quantitative estimate of drug-likeness (QED) is 0.532. The van der Waals surface area contributed by atoms with Gasteiger partial charge in [-0.3, -0.25) is 0 Å². The molecule has 0 amide bonds. The fourth-order valence-corrected chi connectivity index (χ4v) is 1.66. The molecule has 1 aliphatic rings. The molecule has 0 atom stereocenters. The second kappa shape index (κ2) is 3.26. The molecule has 0 radical (unpaired) electrons. The van der Waals surface area contributed by atoms with Crippen molar-refractivity contribution < 1.29 is 0 Å². The van der Waals surface area contributed by atoms with E-state index in [1.54, 1.807) is 0 Å². The molecule has 0 aliphatic heterocycles. The van der Waals surface area contributed by atoms with E-state index in [1.807, 2.05) is 0 Å². The summed E-state index contributed by atoms with van der Waals surface area (Å²) in [5.74, 6) is 0.832. The minimum Gasteiger partial charge on any atom is -0.370 e. The van der Waals surface area contributed by atoms with Gasteiger partial charge in [-0.2, -0.15) is 0 Å². The summed E-state index contributed by atoms with van der Waals surface area (Å²) in [5, 5.41) is 0. The molecule has 0 aromatic heterocycles. The van der Waals surface area contributed by atoms with Crippen molar-refractivity contribution in [3.63, 3.8) is 0 Å². The summed E-state index contributed by atoms with van der Waals surface area (Å²) in [6, 6.07) is 0. The monoisotopic (exact) mass is 125 g/mol. The molecule has 1 fully saturated rings. The average molecular weight is 125 g/mol. The summed E-state index contributed by atoms with van der Waals surface area (Å²) in [6.07, 6.45) is 7.00. The van der Waals surface area contributed by atoms with Gasteiger partial charge in [0.05, 0.1) is 0 Å². The maximum Gasteiger partial charge on any atom is 0.217 e. The van der Waals surface area contributed by atoms with E-state index in [1.165, 1.54) is 32.1 Å². The Bertz CT molecular complexity index is 77.0. The van der Waals surface area contributed by atoms with Crippen molar-refractivity contribution in [1.82, 2.24) is 0 Å². The Hall–Kier alpha value is 0.0249. The molecule has 0 saturated heterocycles. The standard InChI is InChI=1S/C7H16BN/c1-8(9)7-5-3-2-4-6-7/h7H,2-6,9H2,1H3. The van der Waals surface area contributed by atoms with Crippen molar-refractivity contribution >= 4 is 6.85 Å². The van der Waals surface area contributed by atoms with E-state index in [9.17, 15) is 0 Å². The molecule has 0 spiro atoms. The summed E-state index contributed by atoms with van der Waals surface area (Å²) in [4.78, 5) is 0. The molecule has 9 heavy (non-hydrogen) atoms. The zero-order valence-corrected chi connectivity index (χ0v) is 6.27. The third kappa shape index (κ3) is 2.01. The van der Waals surface area contributed by atoms with Crippen LogP contribution >= 0.6 is 0 Å². The first-order valence-corrected chi connectivity index (χ1v) is 4.06. The molecule has 0 aromatic carbocycles. The number of hydrogen-bond donors (Lipinski definition) is 1. The summed E-state index contributed by atoms with van der Waals surface area (Å²) < 4.78 is 0. The van der Waals surface area contributed by atoms with Crippen molar-refractivity contribution in [3.8, 4) is 0 Å². The molecule has 1 aliphatic carbocycles. The zero-order valence-electron chi connectivity index (χ0n) is 6.27. The smallest absolute Gasteiger partial charge is 0.217 e. The lowest BCUT2D eigenvalue weighted by Gasteiger charge is -2.22. The number of hydrogen-bond acceptors (Lipinski definition) is 1. The number of rotatable bonds is 1. The van der Waals surface area contributed by atoms with E-state index >= 15 is 0 Å². The van der Waals surface area contributed by atoms with Crippen molar-refractivity contribution in [2.24, 2.45) is 5.64 Å². The van der Waals surface area contributed by atoms with Crippen molar-refractivity contribution in [1.29, 1.82) is 0 Å². The third-order valence-electron chi connectivity index (χ3n) is 2.39. The van der Waals surface area contributed by atoms with Gasteiger partial charge in [-0.15, -0.1) is 0 Å². The highest BCUT2D eigenvalue weighted by atomic mass is 14.4. The summed E-state index contributed by atoms with van der Waals surface area (Å²) in [6.45, 7) is 2.57. The largest absolute Gasteiger partial charge is 0.370 e. The lowest BCUT2D eigenvalue weighted by atomic mass is 9.51. The average Bonchev–Trinajstić information content (AvgIpc) is 1.90. The van der Waals surface area contributed by atoms with Crippen molar-refractivity contribution in [2.45, 2.75) is 44.7 Å². The fraction of sp³-hybridized carbons (Fsp3) is 1.00. The van der Waals surface area contributed by atoms with Gasteiger partial charge in [-0.1, -0.05) is 38.9 Å². The van der Waals surface area contributed by atoms with Crippen LogP contribution in [0.3, 0.4) is 0 Å². The lowest BCUT2D eigenvalue weighted by molar-refractivity contribution is 0.496. The van der Waals surface area contributed by atoms with Crippen LogP contribution in [-0.2, 0) is 0 Å². The Morgan fingerprint density at radius 1 is 1.22 bits per heavy atom. The first kappa shape index (κ1) is 7.14. The molecule has 1 nitrogen and oxygen atoms in total. The fourth-order valence-electron chi connectivity index (χ4n) is 1.66. The van der Waals surface area contributed by atoms with E-state index in [-0.39, 0.29) is 0 Å². The minimum atomic E-state index is 0.435. The molecule has 0 aromatic rings. The molecule has 2 N–H and O–H groups in total. The van der Waals surface area contributed by atoms with Gasteiger partial charge in [0, 0.05) is 0 Å². The third-order valence-corrected chi connectivity index (χ3v) is 2.39. The van der Waals surface area contributed by atoms with Gasteiger partial charge in [-0.25, -0.2) is 0 Å². The van der Waals surface area contributed by atoms with Crippen LogP contribution in [-0.4, -0.2) is 6.85 Å². The normalized spacial score (nSPS) is 22.0. The topological polar surface area (TPSA) is 26.0 Å². The molecular formula is C7H16BN. The molecule has 0 bridgehead atoms. The van der Waals surface area contributed by atoms with Gasteiger partial charge in [0.1, 0.15) is 0 Å². The van der Waals surface area contributed by atoms with E-state index in [0.29, 0.717) is 6.85 Å². The van der Waals surface area contributed by atoms with Crippen LogP contribution in [0.25, 0.3) is 0 Å². The van der Waals surface area contributed by atoms with E-state index < -0.39 is 0 Å². The molecule has 52 valence electrons. The van der Waals surface area contributed by atoms with Gasteiger partial charge in [0.2, 0.25) is 6.85 Å². The van der Waals surface area contributed by atoms with Gasteiger partial charge >= 0.3 is 0 Å². The van der Waals surface area contributed by atoms with Crippen LogP contribution in [0, 0.1) is 0 Å². The molecule has 0 heterocycles. The van der Waals surface area contributed by atoms with E-state index in [4.69, 9.17) is 5.64 Å². The number of nitrogens with two attached hydrogens (primary N) is 1. The highest BCUT2D eigenvalue weighted by molar-refractivity contribution is 6.55. The van der Waals surface area contributed by atoms with E-state index in [2.05, 4.69) is 6.82 Å². The molecule has 0 unspecified atom stereocenters. The Balaban J connectivity index is 2.23. The van der Waals surface area contributed by atoms with Crippen LogP contribution in [0.1, 0.15) is 32.1 Å². The van der Waals surface area contributed by atoms with Gasteiger partial charge in [0.15, 0.2) is 0 Å². The maximum absolute atomic E-state index is 5.77. The van der Waals surface area contributed by atoms with Crippen molar-refractivity contribution in [3.05, 3.63) is 0 Å². The Morgan fingerprint density at radius 2 is 1.78 bits per heavy atom. The maximum atomic E-state index is 5.77. The molecule has 1 rings (SSSR count). The predicted molar refractivity (Wildman–Crippen MR) is 42.6 cm³/mol. The van der Waals surface area contributed by atoms with Gasteiger partial charge < -0.3 is 5.64 Å². The zero-order chi connectivity index (χ0) is 6.69. The summed E-state index contributed by atoms with van der Waals surface area (Å²) >= 11 is 0. The second-order valence-electron chi connectivity index (χ2n) is 3.26. The van der Waals surface area contributed by atoms with Gasteiger partial charge in [-0.05, 0) is 5.82 Å².